The lowest BCUT2D eigenvalue weighted by molar-refractivity contribution is 0.509. The first kappa shape index (κ1) is 10.1. The van der Waals surface area contributed by atoms with E-state index in [1.165, 1.54) is 0 Å². The van der Waals surface area contributed by atoms with Crippen LogP contribution in [0.4, 0.5) is 20.4 Å². The van der Waals surface area contributed by atoms with Gasteiger partial charge in [-0.2, -0.15) is 0 Å². The third-order valence-corrected chi connectivity index (χ3v) is 2.06. The Balaban J connectivity index is 2.65. The van der Waals surface area contributed by atoms with Crippen LogP contribution in [0, 0.1) is 11.6 Å². The maximum Gasteiger partial charge on any atom is 0.241 e. The molecule has 0 unspecified atom stereocenters. The summed E-state index contributed by atoms with van der Waals surface area (Å²) in [5, 5.41) is 7.09. The highest BCUT2D eigenvalue weighted by Crippen LogP contribution is 2.26. The average molecular weight is 226 g/mol. The van der Waals surface area contributed by atoms with Crippen molar-refractivity contribution in [3.8, 4) is 11.4 Å². The number of hydrogen-bond acceptors (Lipinski definition) is 5. The van der Waals surface area contributed by atoms with E-state index in [1.807, 2.05) is 0 Å². The van der Waals surface area contributed by atoms with Crippen molar-refractivity contribution in [3.05, 3.63) is 23.8 Å². The van der Waals surface area contributed by atoms with E-state index >= 15 is 0 Å². The number of halogens is 2. The van der Waals surface area contributed by atoms with Crippen molar-refractivity contribution >= 4 is 11.6 Å². The lowest BCUT2D eigenvalue weighted by Gasteiger charge is -2.05. The largest absolute Gasteiger partial charge is 0.398 e. The molecular formula is C8H8F2N6. The third-order valence-electron chi connectivity index (χ3n) is 2.06. The zero-order valence-corrected chi connectivity index (χ0v) is 7.98. The van der Waals surface area contributed by atoms with Crippen LogP contribution in [-0.2, 0) is 0 Å². The number of nitrogen functional groups attached to an aromatic ring is 3. The van der Waals surface area contributed by atoms with Crippen molar-refractivity contribution in [2.75, 3.05) is 17.3 Å². The summed E-state index contributed by atoms with van der Waals surface area (Å²) in [5.41, 5.74) is 11.0. The molecule has 0 aliphatic rings. The van der Waals surface area contributed by atoms with E-state index in [0.29, 0.717) is 0 Å². The topological polar surface area (TPSA) is 109 Å². The molecule has 2 aromatic rings. The highest BCUT2D eigenvalue weighted by molar-refractivity contribution is 5.72. The Bertz CT molecular complexity index is 550. The summed E-state index contributed by atoms with van der Waals surface area (Å²) >= 11 is 0. The van der Waals surface area contributed by atoms with Gasteiger partial charge < -0.3 is 17.3 Å². The minimum atomic E-state index is -1.05. The standard InChI is InChI=1S/C8H8F2N6/c9-4-1-3(6(11)2-5(4)10)7-14-15-8(12)16(7)13/h1-2H,11,13H2,(H2,12,15). The molecule has 84 valence electrons. The number of nitrogens with two attached hydrogens (primary N) is 3. The fraction of sp³-hybridized carbons (Fsp3) is 0. The zero-order valence-electron chi connectivity index (χ0n) is 7.98. The van der Waals surface area contributed by atoms with Crippen LogP contribution < -0.4 is 17.3 Å². The van der Waals surface area contributed by atoms with E-state index in [2.05, 4.69) is 10.2 Å². The van der Waals surface area contributed by atoms with Gasteiger partial charge >= 0.3 is 0 Å². The fourth-order valence-electron chi connectivity index (χ4n) is 1.24. The number of nitrogens with zero attached hydrogens (tertiary/aromatic N) is 3. The summed E-state index contributed by atoms with van der Waals surface area (Å²) in [5.74, 6) is 3.40. The summed E-state index contributed by atoms with van der Waals surface area (Å²) < 4.78 is 26.8. The second-order valence-electron chi connectivity index (χ2n) is 3.11. The van der Waals surface area contributed by atoms with Gasteiger partial charge in [-0.15, -0.1) is 10.2 Å². The predicted molar refractivity (Wildman–Crippen MR) is 54.3 cm³/mol. The monoisotopic (exact) mass is 226 g/mol. The number of hydrogen-bond donors (Lipinski definition) is 3. The Kier molecular flexibility index (Phi) is 2.11. The normalized spacial score (nSPS) is 10.6. The molecule has 1 aromatic heterocycles. The van der Waals surface area contributed by atoms with E-state index in [9.17, 15) is 8.78 Å². The Morgan fingerprint density at radius 2 is 1.69 bits per heavy atom. The molecule has 16 heavy (non-hydrogen) atoms. The van der Waals surface area contributed by atoms with Gasteiger partial charge in [0, 0.05) is 17.3 Å². The summed E-state index contributed by atoms with van der Waals surface area (Å²) in [7, 11) is 0. The Hall–Kier alpha value is -2.38. The first-order valence-electron chi connectivity index (χ1n) is 4.21. The van der Waals surface area contributed by atoms with Crippen molar-refractivity contribution in [2.24, 2.45) is 0 Å². The van der Waals surface area contributed by atoms with Crippen molar-refractivity contribution < 1.29 is 8.78 Å². The number of anilines is 2. The summed E-state index contributed by atoms with van der Waals surface area (Å²) in [6.07, 6.45) is 0. The zero-order chi connectivity index (χ0) is 11.9. The lowest BCUT2D eigenvalue weighted by Crippen LogP contribution is -2.14. The Labute approximate surface area is 88.6 Å². The summed E-state index contributed by atoms with van der Waals surface area (Å²) in [4.78, 5) is 0. The van der Waals surface area contributed by atoms with Gasteiger partial charge in [0.15, 0.2) is 17.5 Å². The van der Waals surface area contributed by atoms with Crippen molar-refractivity contribution in [2.45, 2.75) is 0 Å². The lowest BCUT2D eigenvalue weighted by atomic mass is 10.1. The van der Waals surface area contributed by atoms with Gasteiger partial charge in [0.25, 0.3) is 0 Å². The van der Waals surface area contributed by atoms with E-state index in [4.69, 9.17) is 17.3 Å². The third kappa shape index (κ3) is 1.40. The van der Waals surface area contributed by atoms with Gasteiger partial charge in [-0.3, -0.25) is 0 Å². The maximum atomic E-state index is 13.0. The highest BCUT2D eigenvalue weighted by Gasteiger charge is 2.15. The second-order valence-corrected chi connectivity index (χ2v) is 3.11. The minimum absolute atomic E-state index is 0.00185. The molecule has 0 bridgehead atoms. The van der Waals surface area contributed by atoms with Crippen LogP contribution in [0.5, 0.6) is 0 Å². The van der Waals surface area contributed by atoms with Gasteiger partial charge in [-0.25, -0.2) is 13.5 Å². The van der Waals surface area contributed by atoms with E-state index < -0.39 is 11.6 Å². The molecule has 0 atom stereocenters. The van der Waals surface area contributed by atoms with Crippen LogP contribution in [0.25, 0.3) is 11.4 Å². The number of rotatable bonds is 1. The molecule has 0 amide bonds. The molecule has 0 fully saturated rings. The van der Waals surface area contributed by atoms with Crippen LogP contribution in [0.15, 0.2) is 12.1 Å². The molecule has 2 rings (SSSR count). The fourth-order valence-corrected chi connectivity index (χ4v) is 1.24. The first-order chi connectivity index (χ1) is 7.50. The van der Waals surface area contributed by atoms with Gasteiger partial charge in [-0.1, -0.05) is 0 Å². The van der Waals surface area contributed by atoms with Crippen LogP contribution in [0.2, 0.25) is 0 Å². The molecule has 0 radical (unpaired) electrons. The smallest absolute Gasteiger partial charge is 0.241 e. The molecule has 1 aromatic carbocycles. The molecule has 0 spiro atoms. The predicted octanol–water partition coefficient (Wildman–Crippen LogP) is 0.101. The molecule has 0 saturated heterocycles. The SMILES string of the molecule is Nc1cc(F)c(F)cc1-c1nnc(N)n1N. The van der Waals surface area contributed by atoms with Crippen LogP contribution in [0.3, 0.4) is 0 Å². The summed E-state index contributed by atoms with van der Waals surface area (Å²) in [6, 6.07) is 1.73. The van der Waals surface area contributed by atoms with Gasteiger partial charge in [0.1, 0.15) is 0 Å². The molecule has 0 aliphatic carbocycles. The molecule has 0 saturated carbocycles. The van der Waals surface area contributed by atoms with Crippen LogP contribution >= 0.6 is 0 Å². The van der Waals surface area contributed by atoms with Crippen LogP contribution in [-0.4, -0.2) is 14.9 Å². The van der Waals surface area contributed by atoms with Gasteiger partial charge in [0.05, 0.1) is 0 Å². The van der Waals surface area contributed by atoms with Gasteiger partial charge in [-0.05, 0) is 6.07 Å². The average Bonchev–Trinajstić information content (AvgIpc) is 2.54. The first-order valence-corrected chi connectivity index (χ1v) is 4.21. The maximum absolute atomic E-state index is 13.0. The molecule has 6 nitrogen and oxygen atoms in total. The molecule has 1 heterocycles. The number of aromatic nitrogens is 3. The molecular weight excluding hydrogens is 218 g/mol. The van der Waals surface area contributed by atoms with E-state index in [0.717, 1.165) is 16.8 Å². The highest BCUT2D eigenvalue weighted by atomic mass is 19.2. The Morgan fingerprint density at radius 1 is 1.06 bits per heavy atom. The summed E-state index contributed by atoms with van der Waals surface area (Å²) in [6.45, 7) is 0. The Morgan fingerprint density at radius 3 is 2.25 bits per heavy atom. The minimum Gasteiger partial charge on any atom is -0.398 e. The number of benzene rings is 1. The molecule has 6 N–H and O–H groups in total. The van der Waals surface area contributed by atoms with Crippen LogP contribution in [0.1, 0.15) is 0 Å². The van der Waals surface area contributed by atoms with Crippen molar-refractivity contribution in [1.29, 1.82) is 0 Å². The quantitative estimate of drug-likeness (QED) is 0.472. The van der Waals surface area contributed by atoms with E-state index in [-0.39, 0.29) is 23.0 Å². The molecule has 0 aliphatic heterocycles. The van der Waals surface area contributed by atoms with Crippen molar-refractivity contribution in [3.63, 3.8) is 0 Å². The molecule has 8 heteroatoms. The van der Waals surface area contributed by atoms with E-state index in [1.54, 1.807) is 0 Å². The van der Waals surface area contributed by atoms with Crippen molar-refractivity contribution in [1.82, 2.24) is 14.9 Å². The van der Waals surface area contributed by atoms with Gasteiger partial charge in [0.2, 0.25) is 5.95 Å². The second kappa shape index (κ2) is 3.33.